The molecule has 1 N–H and O–H groups in total. The van der Waals surface area contributed by atoms with Crippen molar-refractivity contribution in [2.75, 3.05) is 11.4 Å². The molecule has 0 radical (unpaired) electrons. The second-order valence-electron chi connectivity index (χ2n) is 4.88. The van der Waals surface area contributed by atoms with Gasteiger partial charge in [-0.2, -0.15) is 13.2 Å². The van der Waals surface area contributed by atoms with Gasteiger partial charge in [-0.3, -0.25) is 9.59 Å². The van der Waals surface area contributed by atoms with E-state index in [1.165, 1.54) is 12.1 Å². The number of nitrogens with one attached hydrogen (secondary N) is 1. The Bertz CT molecular complexity index is 557. The maximum Gasteiger partial charge on any atom is 0.416 e. The zero-order valence-electron chi connectivity index (χ0n) is 11.4. The van der Waals surface area contributed by atoms with Gasteiger partial charge in [0.1, 0.15) is 12.6 Å². The van der Waals surface area contributed by atoms with E-state index in [0.717, 1.165) is 17.0 Å². The predicted octanol–water partition coefficient (Wildman–Crippen LogP) is 2.34. The number of nitrogens with zero attached hydrogens (tertiary/aromatic N) is 1. The van der Waals surface area contributed by atoms with E-state index >= 15 is 0 Å². The summed E-state index contributed by atoms with van der Waals surface area (Å²) >= 11 is 0. The monoisotopic (exact) mass is 300 g/mol. The Morgan fingerprint density at radius 3 is 2.67 bits per heavy atom. The normalized spacial score (nSPS) is 19.6. The summed E-state index contributed by atoms with van der Waals surface area (Å²) in [6.07, 6.45) is -3.34. The highest BCUT2D eigenvalue weighted by Gasteiger charge is 2.35. The highest BCUT2D eigenvalue weighted by atomic mass is 19.4. The summed E-state index contributed by atoms with van der Waals surface area (Å²) in [4.78, 5) is 25.0. The molecule has 1 aromatic rings. The predicted molar refractivity (Wildman–Crippen MR) is 70.6 cm³/mol. The third-order valence-electron chi connectivity index (χ3n) is 3.26. The summed E-state index contributed by atoms with van der Waals surface area (Å²) in [5.41, 5.74) is -0.753. The maximum absolute atomic E-state index is 12.7. The van der Waals surface area contributed by atoms with Crippen molar-refractivity contribution < 1.29 is 22.8 Å². The van der Waals surface area contributed by atoms with Crippen LogP contribution in [0.2, 0.25) is 0 Å². The molecular formula is C14H15F3N2O2. The van der Waals surface area contributed by atoms with E-state index in [-0.39, 0.29) is 24.0 Å². The lowest BCUT2D eigenvalue weighted by molar-refractivity contribution is -0.137. The maximum atomic E-state index is 12.7. The van der Waals surface area contributed by atoms with Gasteiger partial charge in [-0.05, 0) is 24.6 Å². The average molecular weight is 300 g/mol. The highest BCUT2D eigenvalue weighted by molar-refractivity contribution is 6.06. The molecule has 2 amide bonds. The molecule has 7 heteroatoms. The Morgan fingerprint density at radius 1 is 1.33 bits per heavy atom. The van der Waals surface area contributed by atoms with E-state index in [0.29, 0.717) is 12.8 Å². The van der Waals surface area contributed by atoms with Gasteiger partial charge in [0.05, 0.1) is 5.56 Å². The van der Waals surface area contributed by atoms with Crippen molar-refractivity contribution in [1.29, 1.82) is 0 Å². The first kappa shape index (κ1) is 15.3. The van der Waals surface area contributed by atoms with Crippen LogP contribution < -0.4 is 10.2 Å². The summed E-state index contributed by atoms with van der Waals surface area (Å²) in [6.45, 7) is 1.60. The van der Waals surface area contributed by atoms with Crippen molar-refractivity contribution in [3.05, 3.63) is 29.8 Å². The fourth-order valence-corrected chi connectivity index (χ4v) is 2.26. The minimum atomic E-state index is -4.49. The van der Waals surface area contributed by atoms with Crippen LogP contribution in [0.3, 0.4) is 0 Å². The number of carbonyl (C=O) groups excluding carboxylic acids is 2. The van der Waals surface area contributed by atoms with Crippen molar-refractivity contribution >= 4 is 17.5 Å². The van der Waals surface area contributed by atoms with Crippen molar-refractivity contribution in [2.24, 2.45) is 0 Å². The van der Waals surface area contributed by atoms with Crippen LogP contribution in [0.5, 0.6) is 0 Å². The van der Waals surface area contributed by atoms with Gasteiger partial charge in [0.15, 0.2) is 0 Å². The first-order valence-corrected chi connectivity index (χ1v) is 6.61. The molecule has 114 valence electrons. The van der Waals surface area contributed by atoms with Crippen LogP contribution >= 0.6 is 0 Å². The summed E-state index contributed by atoms with van der Waals surface area (Å²) < 4.78 is 38.2. The van der Waals surface area contributed by atoms with E-state index in [2.05, 4.69) is 5.32 Å². The van der Waals surface area contributed by atoms with E-state index in [9.17, 15) is 22.8 Å². The molecule has 2 rings (SSSR count). The lowest BCUT2D eigenvalue weighted by Crippen LogP contribution is -2.58. The minimum absolute atomic E-state index is 0.0887. The molecule has 1 aromatic carbocycles. The SMILES string of the molecule is CCCC1NC(=O)CN(c2cccc(C(F)(F)F)c2)C1=O. The first-order chi connectivity index (χ1) is 9.82. The molecule has 1 unspecified atom stereocenters. The second-order valence-corrected chi connectivity index (χ2v) is 4.88. The number of halogens is 3. The Hall–Kier alpha value is -2.05. The van der Waals surface area contributed by atoms with Crippen molar-refractivity contribution in [2.45, 2.75) is 32.0 Å². The van der Waals surface area contributed by atoms with E-state index < -0.39 is 17.8 Å². The zero-order valence-corrected chi connectivity index (χ0v) is 11.4. The summed E-state index contributed by atoms with van der Waals surface area (Å²) in [5.74, 6) is -0.749. The molecule has 0 aromatic heterocycles. The Labute approximate surface area is 119 Å². The molecule has 4 nitrogen and oxygen atoms in total. The molecule has 0 bridgehead atoms. The second kappa shape index (κ2) is 5.75. The quantitative estimate of drug-likeness (QED) is 0.931. The van der Waals surface area contributed by atoms with Crippen molar-refractivity contribution in [3.63, 3.8) is 0 Å². The fraction of sp³-hybridized carbons (Fsp3) is 0.429. The summed E-state index contributed by atoms with van der Waals surface area (Å²) in [6, 6.07) is 3.77. The van der Waals surface area contributed by atoms with E-state index in [1.807, 2.05) is 6.92 Å². The number of anilines is 1. The molecule has 1 aliphatic rings. The molecule has 21 heavy (non-hydrogen) atoms. The largest absolute Gasteiger partial charge is 0.416 e. The van der Waals surface area contributed by atoms with Gasteiger partial charge in [0, 0.05) is 5.69 Å². The number of hydrogen-bond acceptors (Lipinski definition) is 2. The Balaban J connectivity index is 2.31. The summed E-state index contributed by atoms with van der Waals surface area (Å²) in [5, 5.41) is 2.56. The van der Waals surface area contributed by atoms with Gasteiger partial charge >= 0.3 is 6.18 Å². The van der Waals surface area contributed by atoms with Gasteiger partial charge in [-0.25, -0.2) is 0 Å². The third kappa shape index (κ3) is 3.34. The number of alkyl halides is 3. The molecule has 0 spiro atoms. The number of benzene rings is 1. The van der Waals surface area contributed by atoms with Crippen LogP contribution in [0.1, 0.15) is 25.3 Å². The van der Waals surface area contributed by atoms with Gasteiger partial charge in [0.2, 0.25) is 11.8 Å². The number of carbonyl (C=O) groups is 2. The molecule has 0 saturated carbocycles. The van der Waals surface area contributed by atoms with Crippen LogP contribution in [-0.4, -0.2) is 24.4 Å². The highest BCUT2D eigenvalue weighted by Crippen LogP contribution is 2.32. The van der Waals surface area contributed by atoms with Crippen molar-refractivity contribution in [1.82, 2.24) is 5.32 Å². The lowest BCUT2D eigenvalue weighted by Gasteiger charge is -2.32. The van der Waals surface area contributed by atoms with Gasteiger partial charge in [-0.15, -0.1) is 0 Å². The average Bonchev–Trinajstić information content (AvgIpc) is 2.42. The molecular weight excluding hydrogens is 285 g/mol. The number of amides is 2. The molecule has 1 fully saturated rings. The van der Waals surface area contributed by atoms with Crippen LogP contribution in [0, 0.1) is 0 Å². The Kier molecular flexibility index (Phi) is 4.20. The van der Waals surface area contributed by atoms with Crippen LogP contribution in [-0.2, 0) is 15.8 Å². The number of rotatable bonds is 3. The zero-order chi connectivity index (χ0) is 15.6. The van der Waals surface area contributed by atoms with Crippen LogP contribution in [0.25, 0.3) is 0 Å². The van der Waals surface area contributed by atoms with Crippen LogP contribution in [0.4, 0.5) is 18.9 Å². The first-order valence-electron chi connectivity index (χ1n) is 6.61. The van der Waals surface area contributed by atoms with Crippen LogP contribution in [0.15, 0.2) is 24.3 Å². The molecule has 1 atom stereocenters. The van der Waals surface area contributed by atoms with Gasteiger partial charge < -0.3 is 10.2 Å². The lowest BCUT2D eigenvalue weighted by atomic mass is 10.1. The molecule has 0 aliphatic carbocycles. The fourth-order valence-electron chi connectivity index (χ4n) is 2.26. The van der Waals surface area contributed by atoms with Gasteiger partial charge in [0.25, 0.3) is 0 Å². The van der Waals surface area contributed by atoms with E-state index in [4.69, 9.17) is 0 Å². The van der Waals surface area contributed by atoms with E-state index in [1.54, 1.807) is 0 Å². The summed E-state index contributed by atoms with van der Waals surface area (Å²) in [7, 11) is 0. The smallest absolute Gasteiger partial charge is 0.343 e. The van der Waals surface area contributed by atoms with Crippen molar-refractivity contribution in [3.8, 4) is 0 Å². The molecule has 1 aliphatic heterocycles. The van der Waals surface area contributed by atoms with Gasteiger partial charge in [-0.1, -0.05) is 19.4 Å². The third-order valence-corrected chi connectivity index (χ3v) is 3.26. The number of hydrogen-bond donors (Lipinski definition) is 1. The Morgan fingerprint density at radius 2 is 2.05 bits per heavy atom. The topological polar surface area (TPSA) is 49.4 Å². The standard InChI is InChI=1S/C14H15F3N2O2/c1-2-4-11-13(21)19(8-12(20)18-11)10-6-3-5-9(7-10)14(15,16)17/h3,5-7,11H,2,4,8H2,1H3,(H,18,20). The minimum Gasteiger partial charge on any atom is -0.343 e. The molecule has 1 saturated heterocycles. The molecule has 1 heterocycles. The number of piperazine rings is 1.